The molecule has 0 bridgehead atoms. The maximum Gasteiger partial charge on any atom is 0.0860 e. The average Bonchev–Trinajstić information content (AvgIpc) is 2.91. The first-order chi connectivity index (χ1) is 9.79. The zero-order valence-electron chi connectivity index (χ0n) is 11.5. The average molecular weight is 268 g/mol. The van der Waals surface area contributed by atoms with E-state index >= 15 is 0 Å². The number of H-pyrrole nitrogens is 1. The van der Waals surface area contributed by atoms with E-state index in [9.17, 15) is 0 Å². The quantitative estimate of drug-likeness (QED) is 0.592. The molecule has 1 aromatic carbocycles. The summed E-state index contributed by atoms with van der Waals surface area (Å²) in [5.74, 6) is 0.567. The Hall–Kier alpha value is -2.07. The number of nitrogens with one attached hydrogen (secondary N) is 2. The summed E-state index contributed by atoms with van der Waals surface area (Å²) >= 11 is 0. The van der Waals surface area contributed by atoms with E-state index in [1.165, 1.54) is 22.9 Å². The van der Waals surface area contributed by atoms with Gasteiger partial charge in [-0.3, -0.25) is 0 Å². The predicted molar refractivity (Wildman–Crippen MR) is 85.3 cm³/mol. The minimum absolute atomic E-state index is 0.567. The van der Waals surface area contributed by atoms with E-state index in [-0.39, 0.29) is 0 Å². The van der Waals surface area contributed by atoms with E-state index in [0.29, 0.717) is 5.92 Å². The molecule has 1 saturated heterocycles. The molecule has 1 aromatic heterocycles. The van der Waals surface area contributed by atoms with Crippen LogP contribution in [0.15, 0.2) is 36.0 Å². The number of aromatic nitrogens is 1. The number of fused-ring (bicyclic) bond motifs is 1. The molecule has 1 aliphatic heterocycles. The van der Waals surface area contributed by atoms with Crippen LogP contribution in [0.3, 0.4) is 0 Å². The molecule has 0 aliphatic carbocycles. The number of aromatic amines is 1. The van der Waals surface area contributed by atoms with Gasteiger partial charge in [-0.05, 0) is 55.6 Å². The third-order valence-corrected chi connectivity index (χ3v) is 4.07. The third kappa shape index (κ3) is 2.34. The van der Waals surface area contributed by atoms with Gasteiger partial charge in [0.1, 0.15) is 0 Å². The van der Waals surface area contributed by atoms with Crippen molar-refractivity contribution in [1.29, 1.82) is 0 Å². The molecule has 0 saturated carbocycles. The summed E-state index contributed by atoms with van der Waals surface area (Å²) in [6.07, 6.45) is 5.71. The van der Waals surface area contributed by atoms with Gasteiger partial charge in [-0.25, -0.2) is 4.99 Å². The first-order valence-electron chi connectivity index (χ1n) is 7.05. The van der Waals surface area contributed by atoms with Crippen molar-refractivity contribution >= 4 is 28.5 Å². The number of nitrogens with zero attached hydrogens (tertiary/aromatic N) is 1. The van der Waals surface area contributed by atoms with Crippen LogP contribution in [0, 0.1) is 5.92 Å². The predicted octanol–water partition coefficient (Wildman–Crippen LogP) is 2.80. The molecule has 20 heavy (non-hydrogen) atoms. The zero-order valence-corrected chi connectivity index (χ0v) is 11.5. The molecule has 2 heterocycles. The standard InChI is InChI=1S/C16H20N4/c1-11(12-4-6-18-7-5-12)15-9-19-16-3-2-13(20-10-17)8-14(15)16/h2-3,8-10,12,18-19H,1,4-7H2,(H2,17,20). The molecule has 0 radical (unpaired) electrons. The van der Waals surface area contributed by atoms with Gasteiger partial charge in [0.05, 0.1) is 12.0 Å². The Morgan fingerprint density at radius 3 is 2.90 bits per heavy atom. The molecule has 2 aromatic rings. The normalized spacial score (nSPS) is 17.0. The fourth-order valence-electron chi connectivity index (χ4n) is 2.93. The molecule has 0 amide bonds. The van der Waals surface area contributed by atoms with Crippen molar-refractivity contribution in [1.82, 2.24) is 10.3 Å². The fourth-order valence-corrected chi connectivity index (χ4v) is 2.93. The largest absolute Gasteiger partial charge is 0.390 e. The van der Waals surface area contributed by atoms with Gasteiger partial charge in [0.25, 0.3) is 0 Å². The highest BCUT2D eigenvalue weighted by Gasteiger charge is 2.19. The van der Waals surface area contributed by atoms with E-state index in [4.69, 9.17) is 5.73 Å². The number of hydrogen-bond donors (Lipinski definition) is 3. The summed E-state index contributed by atoms with van der Waals surface area (Å²) in [4.78, 5) is 7.47. The van der Waals surface area contributed by atoms with Crippen LogP contribution in [0.1, 0.15) is 18.4 Å². The molecule has 4 heteroatoms. The second-order valence-electron chi connectivity index (χ2n) is 5.26. The summed E-state index contributed by atoms with van der Waals surface area (Å²) < 4.78 is 0. The highest BCUT2D eigenvalue weighted by atomic mass is 14.9. The number of piperidine rings is 1. The summed E-state index contributed by atoms with van der Waals surface area (Å²) in [5.41, 5.74) is 9.80. The molecular formula is C16H20N4. The molecule has 0 unspecified atom stereocenters. The highest BCUT2D eigenvalue weighted by Crippen LogP contribution is 2.34. The Balaban J connectivity index is 1.97. The Kier molecular flexibility index (Phi) is 3.56. The van der Waals surface area contributed by atoms with Crippen LogP contribution in [0.5, 0.6) is 0 Å². The van der Waals surface area contributed by atoms with Crippen molar-refractivity contribution in [3.05, 3.63) is 36.5 Å². The topological polar surface area (TPSA) is 66.2 Å². The van der Waals surface area contributed by atoms with Crippen LogP contribution >= 0.6 is 0 Å². The van der Waals surface area contributed by atoms with Crippen molar-refractivity contribution in [3.63, 3.8) is 0 Å². The smallest absolute Gasteiger partial charge is 0.0860 e. The first kappa shape index (κ1) is 12.9. The molecule has 1 aliphatic rings. The molecule has 0 spiro atoms. The van der Waals surface area contributed by atoms with Crippen LogP contribution in [0.4, 0.5) is 5.69 Å². The van der Waals surface area contributed by atoms with E-state index < -0.39 is 0 Å². The lowest BCUT2D eigenvalue weighted by Crippen LogP contribution is -2.28. The molecule has 3 rings (SSSR count). The first-order valence-corrected chi connectivity index (χ1v) is 7.05. The molecule has 4 N–H and O–H groups in total. The lowest BCUT2D eigenvalue weighted by molar-refractivity contribution is 0.447. The molecular weight excluding hydrogens is 248 g/mol. The fraction of sp³-hybridized carbons (Fsp3) is 0.312. The van der Waals surface area contributed by atoms with Gasteiger partial charge in [0.2, 0.25) is 0 Å². The van der Waals surface area contributed by atoms with E-state index in [2.05, 4.69) is 34.1 Å². The number of hydrogen-bond acceptors (Lipinski definition) is 2. The monoisotopic (exact) mass is 268 g/mol. The van der Waals surface area contributed by atoms with Gasteiger partial charge in [-0.2, -0.15) is 0 Å². The van der Waals surface area contributed by atoms with Gasteiger partial charge in [-0.1, -0.05) is 6.58 Å². The van der Waals surface area contributed by atoms with E-state index in [0.717, 1.165) is 37.1 Å². The SMILES string of the molecule is C=C(c1c[nH]c2ccc(N=CN)cc12)C1CCNCC1. The van der Waals surface area contributed by atoms with Crippen molar-refractivity contribution in [2.24, 2.45) is 16.6 Å². The number of allylic oxidation sites excluding steroid dienone is 1. The summed E-state index contributed by atoms with van der Waals surface area (Å²) in [6.45, 7) is 6.49. The Morgan fingerprint density at radius 2 is 2.15 bits per heavy atom. The van der Waals surface area contributed by atoms with Crippen LogP contribution in [-0.4, -0.2) is 24.4 Å². The van der Waals surface area contributed by atoms with E-state index in [1.54, 1.807) is 0 Å². The van der Waals surface area contributed by atoms with Gasteiger partial charge in [0.15, 0.2) is 0 Å². The Labute approximate surface area is 118 Å². The van der Waals surface area contributed by atoms with Crippen LogP contribution in [-0.2, 0) is 0 Å². The second-order valence-corrected chi connectivity index (χ2v) is 5.26. The van der Waals surface area contributed by atoms with Gasteiger partial charge < -0.3 is 16.0 Å². The molecule has 0 atom stereocenters. The molecule has 4 nitrogen and oxygen atoms in total. The number of benzene rings is 1. The molecule has 1 fully saturated rings. The van der Waals surface area contributed by atoms with Gasteiger partial charge in [0, 0.05) is 22.7 Å². The van der Waals surface area contributed by atoms with Crippen molar-refractivity contribution in [2.45, 2.75) is 12.8 Å². The summed E-state index contributed by atoms with van der Waals surface area (Å²) in [6, 6.07) is 6.06. The van der Waals surface area contributed by atoms with Crippen molar-refractivity contribution < 1.29 is 0 Å². The second kappa shape index (κ2) is 5.51. The van der Waals surface area contributed by atoms with E-state index in [1.807, 2.05) is 12.1 Å². The minimum Gasteiger partial charge on any atom is -0.390 e. The highest BCUT2D eigenvalue weighted by molar-refractivity contribution is 5.94. The van der Waals surface area contributed by atoms with Crippen molar-refractivity contribution in [3.8, 4) is 0 Å². The number of nitrogens with two attached hydrogens (primary N) is 1. The summed E-state index contributed by atoms with van der Waals surface area (Å²) in [7, 11) is 0. The van der Waals surface area contributed by atoms with Crippen LogP contribution in [0.2, 0.25) is 0 Å². The zero-order chi connectivity index (χ0) is 13.9. The summed E-state index contributed by atoms with van der Waals surface area (Å²) in [5, 5.41) is 4.57. The Bertz CT molecular complexity index is 648. The Morgan fingerprint density at radius 1 is 1.35 bits per heavy atom. The third-order valence-electron chi connectivity index (χ3n) is 4.07. The van der Waals surface area contributed by atoms with Crippen LogP contribution in [0.25, 0.3) is 16.5 Å². The minimum atomic E-state index is 0.567. The number of aliphatic imine (C=N–C) groups is 1. The number of rotatable bonds is 3. The van der Waals surface area contributed by atoms with Crippen molar-refractivity contribution in [2.75, 3.05) is 13.1 Å². The van der Waals surface area contributed by atoms with Crippen LogP contribution < -0.4 is 11.1 Å². The maximum atomic E-state index is 5.37. The maximum absolute atomic E-state index is 5.37. The van der Waals surface area contributed by atoms with Gasteiger partial charge >= 0.3 is 0 Å². The molecule has 104 valence electrons. The van der Waals surface area contributed by atoms with Gasteiger partial charge in [-0.15, -0.1) is 0 Å². The lowest BCUT2D eigenvalue weighted by Gasteiger charge is -2.24. The lowest BCUT2D eigenvalue weighted by atomic mass is 9.86.